The van der Waals surface area contributed by atoms with Gasteiger partial charge in [-0.3, -0.25) is 4.90 Å². The fourth-order valence-electron chi connectivity index (χ4n) is 4.16. The van der Waals surface area contributed by atoms with Crippen LogP contribution in [0.25, 0.3) is 0 Å². The van der Waals surface area contributed by atoms with Gasteiger partial charge in [0.15, 0.2) is 0 Å². The summed E-state index contributed by atoms with van der Waals surface area (Å²) in [6.07, 6.45) is 7.50. The zero-order valence-electron chi connectivity index (χ0n) is 13.7. The molecule has 4 rings (SSSR count). The monoisotopic (exact) mass is 318 g/mol. The maximum atomic E-state index is 6.20. The van der Waals surface area contributed by atoms with E-state index in [2.05, 4.69) is 9.88 Å². The number of nitrogens with zero attached hydrogens (tertiary/aromatic N) is 2. The zero-order chi connectivity index (χ0) is 15.5. The molecule has 1 spiro atoms. The first-order valence-corrected chi connectivity index (χ1v) is 8.86. The average Bonchev–Trinajstić information content (AvgIpc) is 2.99. The van der Waals surface area contributed by atoms with Crippen LogP contribution in [0.4, 0.5) is 0 Å². The second kappa shape index (κ2) is 6.75. The topological polar surface area (TPSA) is 43.8 Å². The largest absolute Gasteiger partial charge is 0.472 e. The Labute approximate surface area is 137 Å². The van der Waals surface area contributed by atoms with Gasteiger partial charge >= 0.3 is 0 Å². The maximum absolute atomic E-state index is 6.20. The first kappa shape index (κ1) is 15.4. The molecule has 3 aliphatic rings. The number of pyridine rings is 1. The Morgan fingerprint density at radius 2 is 2.00 bits per heavy atom. The van der Waals surface area contributed by atoms with Crippen molar-refractivity contribution in [1.82, 2.24) is 9.88 Å². The second-order valence-electron chi connectivity index (χ2n) is 6.99. The van der Waals surface area contributed by atoms with Crippen molar-refractivity contribution in [3.63, 3.8) is 0 Å². The van der Waals surface area contributed by atoms with Gasteiger partial charge in [0.1, 0.15) is 6.10 Å². The summed E-state index contributed by atoms with van der Waals surface area (Å²) >= 11 is 0. The fraction of sp³-hybridized carbons (Fsp3) is 0.722. The van der Waals surface area contributed by atoms with Crippen molar-refractivity contribution in [2.75, 3.05) is 32.9 Å². The van der Waals surface area contributed by atoms with Crippen LogP contribution in [0.1, 0.15) is 32.1 Å². The molecule has 1 atom stereocenters. The van der Waals surface area contributed by atoms with E-state index < -0.39 is 0 Å². The van der Waals surface area contributed by atoms with Crippen molar-refractivity contribution in [2.24, 2.45) is 0 Å². The molecule has 0 radical (unpaired) electrons. The molecule has 4 heterocycles. The number of hydrogen-bond acceptors (Lipinski definition) is 5. The normalized spacial score (nSPS) is 29.0. The quantitative estimate of drug-likeness (QED) is 0.855. The number of rotatable bonds is 3. The van der Waals surface area contributed by atoms with Crippen molar-refractivity contribution in [3.8, 4) is 5.88 Å². The van der Waals surface area contributed by atoms with E-state index in [4.69, 9.17) is 14.2 Å². The molecule has 3 fully saturated rings. The average molecular weight is 318 g/mol. The SMILES string of the molecule is c1ccc(O[C@H]2COC3(CCN(C4CCOCC4)CC3)C2)nc1. The Morgan fingerprint density at radius 1 is 1.17 bits per heavy atom. The highest BCUT2D eigenvalue weighted by molar-refractivity contribution is 5.10. The molecule has 0 bridgehead atoms. The van der Waals surface area contributed by atoms with Crippen molar-refractivity contribution in [2.45, 2.75) is 49.9 Å². The summed E-state index contributed by atoms with van der Waals surface area (Å²) in [6.45, 7) is 4.81. The predicted molar refractivity (Wildman–Crippen MR) is 86.6 cm³/mol. The molecule has 0 aliphatic carbocycles. The standard InChI is InChI=1S/C18H26N2O3/c1-2-8-19-17(3-1)23-16-13-18(22-14-16)6-9-20(10-7-18)15-4-11-21-12-5-15/h1-3,8,15-16H,4-7,9-14H2/t16-/m1/s1. The van der Waals surface area contributed by atoms with Gasteiger partial charge in [-0.2, -0.15) is 0 Å². The lowest BCUT2D eigenvalue weighted by molar-refractivity contribution is -0.0616. The van der Waals surface area contributed by atoms with Crippen LogP contribution in [0.3, 0.4) is 0 Å². The lowest BCUT2D eigenvalue weighted by Crippen LogP contribution is -2.49. The van der Waals surface area contributed by atoms with E-state index in [0.29, 0.717) is 18.5 Å². The van der Waals surface area contributed by atoms with Gasteiger partial charge in [0.25, 0.3) is 0 Å². The number of piperidine rings is 1. The van der Waals surface area contributed by atoms with E-state index in [1.165, 1.54) is 12.8 Å². The van der Waals surface area contributed by atoms with E-state index in [9.17, 15) is 0 Å². The summed E-state index contributed by atoms with van der Waals surface area (Å²) < 4.78 is 17.7. The van der Waals surface area contributed by atoms with E-state index in [0.717, 1.165) is 45.6 Å². The summed E-state index contributed by atoms with van der Waals surface area (Å²) in [5, 5.41) is 0. The third-order valence-corrected chi connectivity index (χ3v) is 5.52. The van der Waals surface area contributed by atoms with Crippen LogP contribution < -0.4 is 4.74 Å². The summed E-state index contributed by atoms with van der Waals surface area (Å²) in [5.74, 6) is 0.706. The highest BCUT2D eigenvalue weighted by Gasteiger charge is 2.44. The molecule has 0 unspecified atom stereocenters. The minimum absolute atomic E-state index is 0.0289. The van der Waals surface area contributed by atoms with E-state index in [-0.39, 0.29) is 11.7 Å². The van der Waals surface area contributed by atoms with Gasteiger partial charge in [0.05, 0.1) is 12.2 Å². The van der Waals surface area contributed by atoms with Crippen molar-refractivity contribution >= 4 is 0 Å². The minimum atomic E-state index is 0.0289. The van der Waals surface area contributed by atoms with Crippen LogP contribution in [0, 0.1) is 0 Å². The molecule has 1 aromatic rings. The maximum Gasteiger partial charge on any atom is 0.213 e. The van der Waals surface area contributed by atoms with Crippen LogP contribution in [0.15, 0.2) is 24.4 Å². The fourth-order valence-corrected chi connectivity index (χ4v) is 4.16. The minimum Gasteiger partial charge on any atom is -0.472 e. The van der Waals surface area contributed by atoms with E-state index >= 15 is 0 Å². The molecule has 1 aromatic heterocycles. The highest BCUT2D eigenvalue weighted by Crippen LogP contribution is 2.38. The molecule has 5 nitrogen and oxygen atoms in total. The Hall–Kier alpha value is -1.17. The Bertz CT molecular complexity index is 496. The number of aromatic nitrogens is 1. The Balaban J connectivity index is 1.29. The van der Waals surface area contributed by atoms with E-state index in [1.54, 1.807) is 6.20 Å². The van der Waals surface area contributed by atoms with E-state index in [1.807, 2.05) is 18.2 Å². The number of likely N-dealkylation sites (tertiary alicyclic amines) is 1. The molecular weight excluding hydrogens is 292 g/mol. The first-order chi connectivity index (χ1) is 11.3. The second-order valence-corrected chi connectivity index (χ2v) is 6.99. The highest BCUT2D eigenvalue weighted by atomic mass is 16.6. The number of hydrogen-bond donors (Lipinski definition) is 0. The van der Waals surface area contributed by atoms with Crippen LogP contribution in [-0.2, 0) is 9.47 Å². The van der Waals surface area contributed by atoms with Crippen molar-refractivity contribution < 1.29 is 14.2 Å². The van der Waals surface area contributed by atoms with Crippen LogP contribution in [-0.4, -0.2) is 60.5 Å². The summed E-state index contributed by atoms with van der Waals surface area (Å²) in [6, 6.07) is 6.49. The molecule has 0 aromatic carbocycles. The third-order valence-electron chi connectivity index (χ3n) is 5.52. The molecule has 5 heteroatoms. The first-order valence-electron chi connectivity index (χ1n) is 8.86. The molecular formula is C18H26N2O3. The molecule has 3 aliphatic heterocycles. The van der Waals surface area contributed by atoms with Gasteiger partial charge < -0.3 is 14.2 Å². The van der Waals surface area contributed by atoms with Gasteiger partial charge in [0.2, 0.25) is 5.88 Å². The molecule has 23 heavy (non-hydrogen) atoms. The lowest BCUT2D eigenvalue weighted by atomic mass is 9.87. The smallest absolute Gasteiger partial charge is 0.213 e. The number of ether oxygens (including phenoxy) is 3. The molecule has 0 saturated carbocycles. The Morgan fingerprint density at radius 3 is 2.74 bits per heavy atom. The van der Waals surface area contributed by atoms with Gasteiger partial charge in [-0.15, -0.1) is 0 Å². The lowest BCUT2D eigenvalue weighted by Gasteiger charge is -2.43. The summed E-state index contributed by atoms with van der Waals surface area (Å²) in [7, 11) is 0. The predicted octanol–water partition coefficient (Wildman–Crippen LogP) is 2.26. The van der Waals surface area contributed by atoms with Gasteiger partial charge in [-0.1, -0.05) is 6.07 Å². The van der Waals surface area contributed by atoms with Gasteiger partial charge in [0, 0.05) is 51.0 Å². The molecule has 126 valence electrons. The molecule has 0 N–H and O–H groups in total. The summed E-state index contributed by atoms with van der Waals surface area (Å²) in [5.41, 5.74) is 0.0289. The van der Waals surface area contributed by atoms with Crippen molar-refractivity contribution in [3.05, 3.63) is 24.4 Å². The molecule has 0 amide bonds. The third kappa shape index (κ3) is 3.52. The zero-order valence-corrected chi connectivity index (χ0v) is 13.7. The van der Waals surface area contributed by atoms with Gasteiger partial charge in [-0.05, 0) is 31.7 Å². The van der Waals surface area contributed by atoms with Crippen LogP contribution >= 0.6 is 0 Å². The van der Waals surface area contributed by atoms with Crippen molar-refractivity contribution in [1.29, 1.82) is 0 Å². The van der Waals surface area contributed by atoms with Crippen LogP contribution in [0.2, 0.25) is 0 Å². The van der Waals surface area contributed by atoms with Gasteiger partial charge in [-0.25, -0.2) is 4.98 Å². The Kier molecular flexibility index (Phi) is 4.51. The summed E-state index contributed by atoms with van der Waals surface area (Å²) in [4.78, 5) is 6.89. The van der Waals surface area contributed by atoms with Crippen LogP contribution in [0.5, 0.6) is 5.88 Å². The molecule has 3 saturated heterocycles.